The van der Waals surface area contributed by atoms with Crippen LogP contribution in [0.4, 0.5) is 14.6 Å². The fourth-order valence-corrected chi connectivity index (χ4v) is 3.13. The van der Waals surface area contributed by atoms with Crippen LogP contribution in [0.2, 0.25) is 0 Å². The number of hydrogen-bond acceptors (Lipinski definition) is 4. The van der Waals surface area contributed by atoms with Crippen LogP contribution in [0.1, 0.15) is 36.4 Å². The molecule has 4 rings (SSSR count). The molecule has 23 heavy (non-hydrogen) atoms. The van der Waals surface area contributed by atoms with Crippen molar-refractivity contribution in [3.63, 3.8) is 0 Å². The Morgan fingerprint density at radius 2 is 2.04 bits per heavy atom. The Bertz CT molecular complexity index is 728. The molecule has 120 valence electrons. The lowest BCUT2D eigenvalue weighted by Gasteiger charge is -2.20. The molecule has 1 N–H and O–H groups in total. The first-order chi connectivity index (χ1) is 11.2. The van der Waals surface area contributed by atoms with E-state index in [2.05, 4.69) is 15.3 Å². The van der Waals surface area contributed by atoms with Crippen LogP contribution >= 0.6 is 0 Å². The summed E-state index contributed by atoms with van der Waals surface area (Å²) in [4.78, 5) is 8.55. The van der Waals surface area contributed by atoms with E-state index < -0.39 is 17.2 Å². The number of benzene rings is 1. The van der Waals surface area contributed by atoms with Crippen LogP contribution in [0.15, 0.2) is 30.6 Å². The zero-order chi connectivity index (χ0) is 15.9. The minimum absolute atomic E-state index is 0.277. The number of hydrogen-bond donors (Lipinski definition) is 1. The van der Waals surface area contributed by atoms with Gasteiger partial charge in [-0.3, -0.25) is 0 Å². The first-order valence-electron chi connectivity index (χ1n) is 7.80. The highest BCUT2D eigenvalue weighted by Crippen LogP contribution is 2.49. The lowest BCUT2D eigenvalue weighted by molar-refractivity contribution is 0.193. The van der Waals surface area contributed by atoms with Crippen LogP contribution in [0, 0.1) is 11.6 Å². The molecule has 1 atom stereocenters. The summed E-state index contributed by atoms with van der Waals surface area (Å²) in [5.74, 6) is 0.0958. The van der Waals surface area contributed by atoms with Gasteiger partial charge in [-0.25, -0.2) is 18.7 Å². The summed E-state index contributed by atoms with van der Waals surface area (Å²) in [6, 6.07) is 5.46. The van der Waals surface area contributed by atoms with Crippen molar-refractivity contribution in [3.05, 3.63) is 53.5 Å². The lowest BCUT2D eigenvalue weighted by Crippen LogP contribution is -2.21. The van der Waals surface area contributed by atoms with Gasteiger partial charge in [0.05, 0.1) is 17.8 Å². The summed E-state index contributed by atoms with van der Waals surface area (Å²) >= 11 is 0. The van der Waals surface area contributed by atoms with Gasteiger partial charge in [-0.05, 0) is 37.5 Å². The molecule has 0 radical (unpaired) electrons. The van der Waals surface area contributed by atoms with Gasteiger partial charge in [-0.15, -0.1) is 0 Å². The molecular weight excluding hydrogens is 300 g/mol. The molecule has 1 saturated heterocycles. The van der Waals surface area contributed by atoms with Gasteiger partial charge in [0.15, 0.2) is 0 Å². The van der Waals surface area contributed by atoms with Crippen LogP contribution in [-0.2, 0) is 10.3 Å². The van der Waals surface area contributed by atoms with E-state index in [0.29, 0.717) is 18.0 Å². The van der Waals surface area contributed by atoms with Gasteiger partial charge in [0.1, 0.15) is 23.8 Å². The third-order valence-electron chi connectivity index (χ3n) is 4.60. The molecule has 1 aliphatic heterocycles. The van der Waals surface area contributed by atoms with Crippen molar-refractivity contribution in [2.24, 2.45) is 0 Å². The molecule has 4 nitrogen and oxygen atoms in total. The van der Waals surface area contributed by atoms with Crippen molar-refractivity contribution in [1.82, 2.24) is 9.97 Å². The largest absolute Gasteiger partial charge is 0.381 e. The molecule has 2 aromatic rings. The highest BCUT2D eigenvalue weighted by molar-refractivity contribution is 5.47. The molecule has 1 saturated carbocycles. The Kier molecular flexibility index (Phi) is 3.49. The second-order valence-corrected chi connectivity index (χ2v) is 6.22. The predicted molar refractivity (Wildman–Crippen MR) is 81.1 cm³/mol. The highest BCUT2D eigenvalue weighted by Gasteiger charge is 2.46. The summed E-state index contributed by atoms with van der Waals surface area (Å²) in [6.07, 6.45) is 3.95. The molecule has 0 bridgehead atoms. The topological polar surface area (TPSA) is 47.0 Å². The zero-order valence-corrected chi connectivity index (χ0v) is 12.6. The highest BCUT2D eigenvalue weighted by atomic mass is 19.1. The van der Waals surface area contributed by atoms with Crippen molar-refractivity contribution in [2.75, 3.05) is 18.5 Å². The third-order valence-corrected chi connectivity index (χ3v) is 4.60. The van der Waals surface area contributed by atoms with Gasteiger partial charge in [-0.2, -0.15) is 0 Å². The average molecular weight is 317 g/mol. The maximum Gasteiger partial charge on any atom is 0.130 e. The summed E-state index contributed by atoms with van der Waals surface area (Å²) in [5.41, 5.74) is 0.724. The van der Waals surface area contributed by atoms with Gasteiger partial charge in [0.25, 0.3) is 0 Å². The number of ether oxygens (including phenoxy) is 1. The van der Waals surface area contributed by atoms with E-state index in [1.54, 1.807) is 0 Å². The summed E-state index contributed by atoms with van der Waals surface area (Å²) in [7, 11) is 0. The van der Waals surface area contributed by atoms with Crippen molar-refractivity contribution in [3.8, 4) is 0 Å². The Labute approximate surface area is 132 Å². The maximum absolute atomic E-state index is 14.1. The molecule has 0 spiro atoms. The molecule has 6 heteroatoms. The lowest BCUT2D eigenvalue weighted by atomic mass is 10.0. The fraction of sp³-hybridized carbons (Fsp3) is 0.412. The summed E-state index contributed by atoms with van der Waals surface area (Å²) in [6.45, 7) is 1.41. The van der Waals surface area contributed by atoms with Gasteiger partial charge in [0, 0.05) is 24.2 Å². The normalized spacial score (nSPS) is 22.1. The average Bonchev–Trinajstić information content (AvgIpc) is 3.12. The van der Waals surface area contributed by atoms with Crippen LogP contribution < -0.4 is 5.32 Å². The third kappa shape index (κ3) is 2.79. The van der Waals surface area contributed by atoms with Crippen LogP contribution in [0.5, 0.6) is 0 Å². The minimum Gasteiger partial charge on any atom is -0.381 e. The molecular formula is C17H17F2N3O. The minimum atomic E-state index is -0.565. The monoisotopic (exact) mass is 317 g/mol. The number of anilines is 1. The van der Waals surface area contributed by atoms with E-state index in [1.165, 1.54) is 18.5 Å². The standard InChI is InChI=1S/C17H17F2N3O/c18-12-1-2-14(19)13(7-12)17(4-5-17)22-16-8-15(20-10-21-16)11-3-6-23-9-11/h1-2,7-8,10-11H,3-6,9H2,(H,20,21,22)/t11-/m0/s1. The SMILES string of the molecule is Fc1ccc(F)c(C2(Nc3cc([C@H]4CCOC4)ncn3)CC2)c1. The quantitative estimate of drug-likeness (QED) is 0.939. The zero-order valence-electron chi connectivity index (χ0n) is 12.6. The second-order valence-electron chi connectivity index (χ2n) is 6.22. The number of aromatic nitrogens is 2. The van der Waals surface area contributed by atoms with E-state index in [4.69, 9.17) is 4.74 Å². The van der Waals surface area contributed by atoms with E-state index in [0.717, 1.165) is 37.6 Å². The van der Waals surface area contributed by atoms with Gasteiger partial charge in [0.2, 0.25) is 0 Å². The Morgan fingerprint density at radius 3 is 2.78 bits per heavy atom. The smallest absolute Gasteiger partial charge is 0.130 e. The fourth-order valence-electron chi connectivity index (χ4n) is 3.13. The Morgan fingerprint density at radius 1 is 1.17 bits per heavy atom. The van der Waals surface area contributed by atoms with E-state index in [1.807, 2.05) is 6.07 Å². The predicted octanol–water partition coefficient (Wildman–Crippen LogP) is 3.36. The first-order valence-corrected chi connectivity index (χ1v) is 7.80. The van der Waals surface area contributed by atoms with Gasteiger partial charge in [-0.1, -0.05) is 0 Å². The van der Waals surface area contributed by atoms with Crippen LogP contribution in [0.3, 0.4) is 0 Å². The first kappa shape index (κ1) is 14.5. The van der Waals surface area contributed by atoms with Crippen molar-refractivity contribution in [2.45, 2.75) is 30.7 Å². The number of nitrogens with zero attached hydrogens (tertiary/aromatic N) is 2. The molecule has 0 unspecified atom stereocenters. The maximum atomic E-state index is 14.1. The molecule has 0 amide bonds. The molecule has 1 aromatic carbocycles. The Hall–Kier alpha value is -2.08. The summed E-state index contributed by atoms with van der Waals surface area (Å²) < 4.78 is 32.9. The number of halogens is 2. The van der Waals surface area contributed by atoms with E-state index in [9.17, 15) is 8.78 Å². The van der Waals surface area contributed by atoms with Crippen molar-refractivity contribution < 1.29 is 13.5 Å². The molecule has 2 fully saturated rings. The number of nitrogens with one attached hydrogen (secondary N) is 1. The molecule has 2 aliphatic rings. The van der Waals surface area contributed by atoms with Gasteiger partial charge >= 0.3 is 0 Å². The summed E-state index contributed by atoms with van der Waals surface area (Å²) in [5, 5.41) is 3.28. The van der Waals surface area contributed by atoms with E-state index >= 15 is 0 Å². The van der Waals surface area contributed by atoms with Gasteiger partial charge < -0.3 is 10.1 Å². The number of rotatable bonds is 4. The molecule has 1 aliphatic carbocycles. The van der Waals surface area contributed by atoms with Crippen LogP contribution in [0.25, 0.3) is 0 Å². The second kappa shape index (κ2) is 5.53. The van der Waals surface area contributed by atoms with Crippen molar-refractivity contribution in [1.29, 1.82) is 0 Å². The van der Waals surface area contributed by atoms with E-state index in [-0.39, 0.29) is 5.92 Å². The van der Waals surface area contributed by atoms with Crippen LogP contribution in [-0.4, -0.2) is 23.2 Å². The molecule has 2 heterocycles. The Balaban J connectivity index is 1.60. The molecule has 1 aromatic heterocycles. The van der Waals surface area contributed by atoms with Crippen molar-refractivity contribution >= 4 is 5.82 Å².